The van der Waals surface area contributed by atoms with Gasteiger partial charge in [0.05, 0.1) is 6.10 Å². The van der Waals surface area contributed by atoms with E-state index in [2.05, 4.69) is 0 Å². The van der Waals surface area contributed by atoms with E-state index in [0.717, 1.165) is 0 Å². The Morgan fingerprint density at radius 2 is 2.00 bits per heavy atom. The van der Waals surface area contributed by atoms with Gasteiger partial charge < -0.3 is 20.5 Å². The van der Waals surface area contributed by atoms with Crippen molar-refractivity contribution in [3.05, 3.63) is 0 Å². The van der Waals surface area contributed by atoms with Gasteiger partial charge in [-0.05, 0) is 25.8 Å². The summed E-state index contributed by atoms with van der Waals surface area (Å²) in [5, 5.41) is 8.48. The van der Waals surface area contributed by atoms with Gasteiger partial charge in [-0.1, -0.05) is 0 Å². The van der Waals surface area contributed by atoms with Crippen LogP contribution in [-0.4, -0.2) is 54.2 Å². The molecule has 0 saturated carbocycles. The fourth-order valence-electron chi connectivity index (χ4n) is 1.87. The molecule has 0 aromatic heterocycles. The zero-order chi connectivity index (χ0) is 12.7. The molecule has 17 heavy (non-hydrogen) atoms. The van der Waals surface area contributed by atoms with E-state index in [-0.39, 0.29) is 18.6 Å². The van der Waals surface area contributed by atoms with E-state index >= 15 is 0 Å². The van der Waals surface area contributed by atoms with Crippen LogP contribution in [0.15, 0.2) is 0 Å². The summed E-state index contributed by atoms with van der Waals surface area (Å²) in [6.45, 7) is 1.57. The summed E-state index contributed by atoms with van der Waals surface area (Å²) < 4.78 is 5.20. The van der Waals surface area contributed by atoms with Gasteiger partial charge in [0.25, 0.3) is 0 Å². The highest BCUT2D eigenvalue weighted by atomic mass is 16.5. The Kier molecular flexibility index (Phi) is 5.93. The minimum Gasteiger partial charge on any atom is -0.480 e. The van der Waals surface area contributed by atoms with E-state index in [0.29, 0.717) is 45.3 Å². The Morgan fingerprint density at radius 1 is 1.35 bits per heavy atom. The largest absolute Gasteiger partial charge is 0.480 e. The lowest BCUT2D eigenvalue weighted by Gasteiger charge is -2.31. The quantitative estimate of drug-likeness (QED) is 0.676. The summed E-state index contributed by atoms with van der Waals surface area (Å²) in [4.78, 5) is 23.8. The van der Waals surface area contributed by atoms with E-state index in [9.17, 15) is 9.59 Å². The number of piperidine rings is 1. The maximum atomic E-state index is 11.7. The van der Waals surface area contributed by atoms with Crippen LogP contribution in [0.1, 0.15) is 25.7 Å². The van der Waals surface area contributed by atoms with Gasteiger partial charge in [0, 0.05) is 19.5 Å². The van der Waals surface area contributed by atoms with Crippen LogP contribution in [0.25, 0.3) is 0 Å². The highest BCUT2D eigenvalue weighted by Gasteiger charge is 2.23. The maximum Gasteiger partial charge on any atom is 0.329 e. The molecular weight excluding hydrogens is 224 g/mol. The first kappa shape index (κ1) is 13.9. The molecule has 1 saturated heterocycles. The second-order valence-corrected chi connectivity index (χ2v) is 4.18. The average molecular weight is 244 g/mol. The molecule has 0 aromatic carbocycles. The van der Waals surface area contributed by atoms with Crippen molar-refractivity contribution in [2.75, 3.05) is 26.2 Å². The molecule has 6 nitrogen and oxygen atoms in total. The Morgan fingerprint density at radius 3 is 2.53 bits per heavy atom. The first-order chi connectivity index (χ1) is 8.13. The number of nitrogens with zero attached hydrogens (tertiary/aromatic N) is 1. The average Bonchev–Trinajstić information content (AvgIpc) is 2.34. The van der Waals surface area contributed by atoms with E-state index in [4.69, 9.17) is 15.6 Å². The normalized spacial score (nSPS) is 17.1. The lowest BCUT2D eigenvalue weighted by atomic mass is 10.1. The Hall–Kier alpha value is -1.14. The Bertz CT molecular complexity index is 262. The Labute approximate surface area is 101 Å². The summed E-state index contributed by atoms with van der Waals surface area (Å²) in [6, 6.07) is 0. The van der Waals surface area contributed by atoms with Crippen molar-refractivity contribution in [1.29, 1.82) is 0 Å². The molecule has 1 rings (SSSR count). The molecule has 1 aliphatic rings. The number of nitrogens with two attached hydrogens (primary N) is 1. The highest BCUT2D eigenvalue weighted by Crippen LogP contribution is 2.14. The number of rotatable bonds is 6. The van der Waals surface area contributed by atoms with Crippen molar-refractivity contribution in [2.45, 2.75) is 31.8 Å². The molecule has 0 radical (unpaired) electrons. The third kappa shape index (κ3) is 5.14. The zero-order valence-electron chi connectivity index (χ0n) is 9.93. The molecule has 0 spiro atoms. The SMILES string of the molecule is NCCCC(=O)N1CCC(OCC(=O)O)CC1. The van der Waals surface area contributed by atoms with Crippen LogP contribution >= 0.6 is 0 Å². The standard InChI is InChI=1S/C11H20N2O4/c12-5-1-2-10(14)13-6-3-9(4-7-13)17-8-11(15)16/h9H,1-8,12H2,(H,15,16). The molecule has 0 bridgehead atoms. The molecule has 3 N–H and O–H groups in total. The summed E-state index contributed by atoms with van der Waals surface area (Å²) in [7, 11) is 0. The van der Waals surface area contributed by atoms with E-state index < -0.39 is 5.97 Å². The van der Waals surface area contributed by atoms with Crippen LogP contribution in [0.2, 0.25) is 0 Å². The summed E-state index contributed by atoms with van der Waals surface area (Å²) >= 11 is 0. The maximum absolute atomic E-state index is 11.7. The fourth-order valence-corrected chi connectivity index (χ4v) is 1.87. The van der Waals surface area contributed by atoms with Gasteiger partial charge in [0.1, 0.15) is 6.61 Å². The number of likely N-dealkylation sites (tertiary alicyclic amines) is 1. The second kappa shape index (κ2) is 7.24. The van der Waals surface area contributed by atoms with E-state index in [1.165, 1.54) is 0 Å². The molecule has 0 atom stereocenters. The van der Waals surface area contributed by atoms with Crippen molar-refractivity contribution < 1.29 is 19.4 Å². The monoisotopic (exact) mass is 244 g/mol. The van der Waals surface area contributed by atoms with Crippen LogP contribution in [0.4, 0.5) is 0 Å². The molecule has 6 heteroatoms. The van der Waals surface area contributed by atoms with Crippen LogP contribution in [0.3, 0.4) is 0 Å². The van der Waals surface area contributed by atoms with Crippen molar-refractivity contribution in [2.24, 2.45) is 5.73 Å². The number of carbonyl (C=O) groups is 2. The lowest BCUT2D eigenvalue weighted by molar-refractivity contribution is -0.146. The number of ether oxygens (including phenoxy) is 1. The van der Waals surface area contributed by atoms with Crippen LogP contribution in [0.5, 0.6) is 0 Å². The van der Waals surface area contributed by atoms with Gasteiger partial charge in [-0.25, -0.2) is 4.79 Å². The van der Waals surface area contributed by atoms with Crippen molar-refractivity contribution in [1.82, 2.24) is 4.90 Å². The van der Waals surface area contributed by atoms with Gasteiger partial charge in [-0.3, -0.25) is 4.79 Å². The minimum atomic E-state index is -0.952. The predicted octanol–water partition coefficient (Wildman–Crippen LogP) is -0.182. The predicted molar refractivity (Wildman–Crippen MR) is 61.5 cm³/mol. The molecule has 0 aromatic rings. The topological polar surface area (TPSA) is 92.9 Å². The summed E-state index contributed by atoms with van der Waals surface area (Å²) in [5.74, 6) is -0.821. The van der Waals surface area contributed by atoms with E-state index in [1.807, 2.05) is 0 Å². The minimum absolute atomic E-state index is 0.0374. The molecule has 1 amide bonds. The van der Waals surface area contributed by atoms with Crippen LogP contribution in [-0.2, 0) is 14.3 Å². The number of carboxylic acids is 1. The molecule has 1 fully saturated rings. The number of hydrogen-bond acceptors (Lipinski definition) is 4. The van der Waals surface area contributed by atoms with Crippen molar-refractivity contribution in [3.63, 3.8) is 0 Å². The third-order valence-electron chi connectivity index (χ3n) is 2.83. The van der Waals surface area contributed by atoms with Gasteiger partial charge >= 0.3 is 5.97 Å². The highest BCUT2D eigenvalue weighted by molar-refractivity contribution is 5.76. The number of carbonyl (C=O) groups excluding carboxylic acids is 1. The molecule has 1 heterocycles. The van der Waals surface area contributed by atoms with Crippen LogP contribution in [0, 0.1) is 0 Å². The zero-order valence-corrected chi connectivity index (χ0v) is 9.93. The van der Waals surface area contributed by atoms with Crippen molar-refractivity contribution >= 4 is 11.9 Å². The number of amides is 1. The first-order valence-electron chi connectivity index (χ1n) is 5.94. The fraction of sp³-hybridized carbons (Fsp3) is 0.818. The number of hydrogen-bond donors (Lipinski definition) is 2. The van der Waals surface area contributed by atoms with Gasteiger partial charge in [0.15, 0.2) is 0 Å². The lowest BCUT2D eigenvalue weighted by Crippen LogP contribution is -2.41. The molecule has 1 aliphatic heterocycles. The second-order valence-electron chi connectivity index (χ2n) is 4.18. The number of carboxylic acid groups (broad SMARTS) is 1. The summed E-state index contributed by atoms with van der Waals surface area (Å²) in [6.07, 6.45) is 2.60. The number of aliphatic carboxylic acids is 1. The Balaban J connectivity index is 2.20. The van der Waals surface area contributed by atoms with Gasteiger partial charge in [-0.15, -0.1) is 0 Å². The molecule has 98 valence electrons. The molecular formula is C11H20N2O4. The van der Waals surface area contributed by atoms with Crippen LogP contribution < -0.4 is 5.73 Å². The molecule has 0 unspecified atom stereocenters. The van der Waals surface area contributed by atoms with E-state index in [1.54, 1.807) is 4.90 Å². The van der Waals surface area contributed by atoms with Crippen molar-refractivity contribution in [3.8, 4) is 0 Å². The van der Waals surface area contributed by atoms with Gasteiger partial charge in [-0.2, -0.15) is 0 Å². The summed E-state index contributed by atoms with van der Waals surface area (Å²) in [5.41, 5.74) is 5.35. The van der Waals surface area contributed by atoms with Gasteiger partial charge in [0.2, 0.25) is 5.91 Å². The smallest absolute Gasteiger partial charge is 0.329 e. The molecule has 0 aliphatic carbocycles. The third-order valence-corrected chi connectivity index (χ3v) is 2.83. The first-order valence-corrected chi connectivity index (χ1v) is 5.94.